The van der Waals surface area contributed by atoms with Crippen molar-refractivity contribution in [1.29, 1.82) is 0 Å². The van der Waals surface area contributed by atoms with E-state index in [2.05, 4.69) is 13.8 Å². The van der Waals surface area contributed by atoms with Crippen LogP contribution in [0.1, 0.15) is 46.0 Å². The lowest BCUT2D eigenvalue weighted by Crippen LogP contribution is -2.23. The topological polar surface area (TPSA) is 29.6 Å². The van der Waals surface area contributed by atoms with Crippen molar-refractivity contribution in [3.8, 4) is 0 Å². The zero-order chi connectivity index (χ0) is 13.6. The van der Waals surface area contributed by atoms with Crippen LogP contribution in [0.5, 0.6) is 0 Å². The summed E-state index contributed by atoms with van der Waals surface area (Å²) in [6, 6.07) is 10.0. The van der Waals surface area contributed by atoms with E-state index in [1.54, 1.807) is 0 Å². The van der Waals surface area contributed by atoms with Crippen molar-refractivity contribution in [3.63, 3.8) is 0 Å². The van der Waals surface area contributed by atoms with Crippen molar-refractivity contribution in [3.05, 3.63) is 30.3 Å². The minimum absolute atomic E-state index is 0.0663. The fourth-order valence-electron chi connectivity index (χ4n) is 4.05. The van der Waals surface area contributed by atoms with Crippen LogP contribution in [0.4, 0.5) is 0 Å². The molecule has 3 rings (SSSR count). The number of rotatable bonds is 5. The third-order valence-electron chi connectivity index (χ3n) is 4.86. The average Bonchev–Trinajstić information content (AvgIpc) is 3.00. The Morgan fingerprint density at radius 3 is 2.47 bits per heavy atom. The number of hydrogen-bond acceptors (Lipinski definition) is 2. The SMILES string of the molecule is CCCC12CCP(=O)(c3ccccc3)C1(CCC)O2. The van der Waals surface area contributed by atoms with E-state index in [9.17, 15) is 4.57 Å². The molecule has 1 aromatic rings. The van der Waals surface area contributed by atoms with Gasteiger partial charge in [0.25, 0.3) is 0 Å². The first-order chi connectivity index (χ1) is 9.14. The summed E-state index contributed by atoms with van der Waals surface area (Å²) in [5, 5.41) is 0.700. The molecule has 0 radical (unpaired) electrons. The van der Waals surface area contributed by atoms with Crippen molar-refractivity contribution in [1.82, 2.24) is 0 Å². The molecule has 2 saturated heterocycles. The van der Waals surface area contributed by atoms with E-state index < -0.39 is 7.14 Å². The summed E-state index contributed by atoms with van der Waals surface area (Å²) in [5.74, 6) is 0. The lowest BCUT2D eigenvalue weighted by atomic mass is 9.94. The molecular weight excluding hydrogens is 255 g/mol. The highest BCUT2D eigenvalue weighted by Crippen LogP contribution is 2.81. The van der Waals surface area contributed by atoms with E-state index in [-0.39, 0.29) is 10.9 Å². The van der Waals surface area contributed by atoms with E-state index in [0.717, 1.165) is 43.6 Å². The molecule has 0 amide bonds. The molecule has 3 atom stereocenters. The summed E-state index contributed by atoms with van der Waals surface area (Å²) in [4.78, 5) is 0. The van der Waals surface area contributed by atoms with Crippen LogP contribution in [0.3, 0.4) is 0 Å². The average molecular weight is 278 g/mol. The van der Waals surface area contributed by atoms with Crippen LogP contribution in [-0.2, 0) is 9.30 Å². The first kappa shape index (κ1) is 13.4. The lowest BCUT2D eigenvalue weighted by Gasteiger charge is -2.22. The van der Waals surface area contributed by atoms with Gasteiger partial charge >= 0.3 is 0 Å². The minimum atomic E-state index is -2.40. The third kappa shape index (κ3) is 1.63. The van der Waals surface area contributed by atoms with Crippen molar-refractivity contribution in [2.24, 2.45) is 0 Å². The molecule has 2 fully saturated rings. The smallest absolute Gasteiger partial charge is 0.154 e. The van der Waals surface area contributed by atoms with Crippen LogP contribution >= 0.6 is 7.14 Å². The first-order valence-corrected chi connectivity index (χ1v) is 9.38. The first-order valence-electron chi connectivity index (χ1n) is 7.49. The molecule has 1 aromatic carbocycles. The van der Waals surface area contributed by atoms with E-state index in [0.29, 0.717) is 0 Å². The summed E-state index contributed by atoms with van der Waals surface area (Å²) in [5.41, 5.74) is -0.0663. The van der Waals surface area contributed by atoms with Crippen molar-refractivity contribution in [2.45, 2.75) is 56.9 Å². The van der Waals surface area contributed by atoms with Crippen LogP contribution in [-0.4, -0.2) is 17.1 Å². The highest BCUT2D eigenvalue weighted by Gasteiger charge is 2.80. The zero-order valence-electron chi connectivity index (χ0n) is 11.9. The molecule has 0 aliphatic carbocycles. The molecule has 0 spiro atoms. The monoisotopic (exact) mass is 278 g/mol. The largest absolute Gasteiger partial charge is 0.354 e. The Morgan fingerprint density at radius 2 is 1.84 bits per heavy atom. The van der Waals surface area contributed by atoms with Crippen LogP contribution in [0.2, 0.25) is 0 Å². The minimum Gasteiger partial charge on any atom is -0.354 e. The number of fused-ring (bicyclic) bond motifs is 1. The van der Waals surface area contributed by atoms with Crippen LogP contribution in [0.15, 0.2) is 30.3 Å². The van der Waals surface area contributed by atoms with Gasteiger partial charge in [-0.1, -0.05) is 57.0 Å². The molecule has 0 N–H and O–H groups in total. The van der Waals surface area contributed by atoms with E-state index >= 15 is 0 Å². The lowest BCUT2D eigenvalue weighted by molar-refractivity contribution is 0.255. The molecule has 2 nitrogen and oxygen atoms in total. The normalized spacial score (nSPS) is 40.1. The van der Waals surface area contributed by atoms with Gasteiger partial charge in [0, 0.05) is 11.5 Å². The van der Waals surface area contributed by atoms with Gasteiger partial charge in [-0.05, 0) is 19.3 Å². The summed E-state index contributed by atoms with van der Waals surface area (Å²) in [6.07, 6.45) is 5.97. The highest BCUT2D eigenvalue weighted by molar-refractivity contribution is 7.73. The van der Waals surface area contributed by atoms with E-state index in [1.165, 1.54) is 0 Å². The van der Waals surface area contributed by atoms with Gasteiger partial charge in [0.15, 0.2) is 5.34 Å². The molecule has 3 unspecified atom stereocenters. The van der Waals surface area contributed by atoms with Gasteiger partial charge in [-0.3, -0.25) is 0 Å². The summed E-state index contributed by atoms with van der Waals surface area (Å²) >= 11 is 0. The molecule has 2 aliphatic heterocycles. The second-order valence-electron chi connectivity index (χ2n) is 5.93. The molecule has 0 bridgehead atoms. The Hall–Kier alpha value is -0.590. The van der Waals surface area contributed by atoms with Gasteiger partial charge in [-0.2, -0.15) is 0 Å². The molecular formula is C16H23O2P. The predicted molar refractivity (Wildman–Crippen MR) is 79.5 cm³/mol. The van der Waals surface area contributed by atoms with Crippen LogP contribution < -0.4 is 5.30 Å². The maximum Gasteiger partial charge on any atom is 0.154 e. The number of hydrogen-bond donors (Lipinski definition) is 0. The van der Waals surface area contributed by atoms with Gasteiger partial charge < -0.3 is 9.30 Å². The molecule has 0 saturated carbocycles. The Balaban J connectivity index is 2.02. The van der Waals surface area contributed by atoms with E-state index in [1.807, 2.05) is 30.3 Å². The van der Waals surface area contributed by atoms with Crippen LogP contribution in [0.25, 0.3) is 0 Å². The molecule has 3 heteroatoms. The molecule has 19 heavy (non-hydrogen) atoms. The Bertz CT molecular complexity index is 513. The van der Waals surface area contributed by atoms with E-state index in [4.69, 9.17) is 4.74 Å². The summed E-state index contributed by atoms with van der Waals surface area (Å²) < 4.78 is 19.9. The van der Waals surface area contributed by atoms with Gasteiger partial charge in [0.2, 0.25) is 0 Å². The standard InChI is InChI=1S/C16H23O2P/c1-3-10-15-12-13-19(17,14-8-6-5-7-9-14)16(15,18-15)11-4-2/h5-9H,3-4,10-13H2,1-2H3. The fraction of sp³-hybridized carbons (Fsp3) is 0.625. The van der Waals surface area contributed by atoms with Gasteiger partial charge in [0.1, 0.15) is 12.7 Å². The molecule has 104 valence electrons. The highest BCUT2D eigenvalue weighted by atomic mass is 31.2. The number of benzene rings is 1. The second kappa shape index (κ2) is 4.46. The van der Waals surface area contributed by atoms with Crippen molar-refractivity contribution >= 4 is 12.4 Å². The van der Waals surface area contributed by atoms with Gasteiger partial charge in [0.05, 0.1) is 0 Å². The predicted octanol–water partition coefficient (Wildman–Crippen LogP) is 4.14. The Kier molecular flexibility index (Phi) is 3.15. The summed E-state index contributed by atoms with van der Waals surface area (Å²) in [7, 11) is -2.40. The number of epoxide rings is 1. The Labute approximate surface area is 115 Å². The van der Waals surface area contributed by atoms with Gasteiger partial charge in [-0.15, -0.1) is 0 Å². The Morgan fingerprint density at radius 1 is 1.16 bits per heavy atom. The van der Waals surface area contributed by atoms with Crippen LogP contribution in [0, 0.1) is 0 Å². The van der Waals surface area contributed by atoms with Crippen molar-refractivity contribution < 1.29 is 9.30 Å². The maximum atomic E-state index is 13.7. The quantitative estimate of drug-likeness (QED) is 0.598. The number of ether oxygens (including phenoxy) is 1. The maximum absolute atomic E-state index is 13.7. The molecule has 2 aliphatic rings. The second-order valence-corrected chi connectivity index (χ2v) is 9.10. The third-order valence-corrected chi connectivity index (χ3v) is 8.74. The van der Waals surface area contributed by atoms with Crippen molar-refractivity contribution in [2.75, 3.05) is 6.16 Å². The zero-order valence-corrected chi connectivity index (χ0v) is 12.8. The molecule has 0 aromatic heterocycles. The fourth-order valence-corrected chi connectivity index (χ4v) is 8.20. The summed E-state index contributed by atoms with van der Waals surface area (Å²) in [6.45, 7) is 4.36. The van der Waals surface area contributed by atoms with Gasteiger partial charge in [-0.25, -0.2) is 0 Å². The molecule has 2 heterocycles.